The van der Waals surface area contributed by atoms with E-state index in [0.29, 0.717) is 11.1 Å². The second kappa shape index (κ2) is 5.49. The molecule has 2 N–H and O–H groups in total. The first kappa shape index (κ1) is 16.0. The van der Waals surface area contributed by atoms with Crippen molar-refractivity contribution in [2.75, 3.05) is 5.32 Å². The Labute approximate surface area is 148 Å². The highest BCUT2D eigenvalue weighted by Crippen LogP contribution is 2.39. The van der Waals surface area contributed by atoms with Crippen LogP contribution in [0.1, 0.15) is 16.7 Å². The van der Waals surface area contributed by atoms with Crippen molar-refractivity contribution in [3.05, 3.63) is 63.8 Å². The molecule has 1 aliphatic rings. The number of nitrogens with one attached hydrogen (secondary N) is 2. The van der Waals surface area contributed by atoms with Gasteiger partial charge in [0.2, 0.25) is 0 Å². The van der Waals surface area contributed by atoms with E-state index in [1.54, 1.807) is 12.3 Å². The van der Waals surface area contributed by atoms with Gasteiger partial charge in [0.15, 0.2) is 0 Å². The van der Waals surface area contributed by atoms with Gasteiger partial charge in [-0.15, -0.1) is 0 Å². The third-order valence-corrected chi connectivity index (χ3v) is 4.60. The molecular formula is C18H10BrF3N2O. The number of anilines is 1. The molecule has 3 aromatic rings. The molecular weight excluding hydrogens is 397 g/mol. The van der Waals surface area contributed by atoms with Crippen molar-refractivity contribution in [1.82, 2.24) is 4.98 Å². The van der Waals surface area contributed by atoms with E-state index in [2.05, 4.69) is 26.2 Å². The molecule has 0 atom stereocenters. The standard InChI is InChI=1S/C18H10BrF3N2O/c19-11-2-4-15-13(7-11)9(8-23-15)5-14-12-3-1-10(18(20,21)22)6-16(12)24-17(14)25/h1-8,23H,(H,24,25)/b14-5+. The van der Waals surface area contributed by atoms with E-state index in [9.17, 15) is 18.0 Å². The molecule has 25 heavy (non-hydrogen) atoms. The number of aromatic nitrogens is 1. The Balaban J connectivity index is 1.83. The van der Waals surface area contributed by atoms with Crippen molar-refractivity contribution < 1.29 is 18.0 Å². The minimum atomic E-state index is -4.45. The van der Waals surface area contributed by atoms with E-state index in [4.69, 9.17) is 0 Å². The molecule has 0 unspecified atom stereocenters. The van der Waals surface area contributed by atoms with Gasteiger partial charge in [-0.25, -0.2) is 0 Å². The van der Waals surface area contributed by atoms with Crippen LogP contribution in [0.15, 0.2) is 47.1 Å². The van der Waals surface area contributed by atoms with Crippen LogP contribution in [0.5, 0.6) is 0 Å². The summed E-state index contributed by atoms with van der Waals surface area (Å²) in [6.45, 7) is 0. The summed E-state index contributed by atoms with van der Waals surface area (Å²) < 4.78 is 39.4. The smallest absolute Gasteiger partial charge is 0.361 e. The number of hydrogen-bond donors (Lipinski definition) is 2. The third kappa shape index (κ3) is 2.74. The minimum Gasteiger partial charge on any atom is -0.361 e. The van der Waals surface area contributed by atoms with Crippen molar-refractivity contribution >= 4 is 50.1 Å². The van der Waals surface area contributed by atoms with Gasteiger partial charge in [-0.05, 0) is 36.4 Å². The summed E-state index contributed by atoms with van der Waals surface area (Å²) in [5.41, 5.74) is 1.87. The minimum absolute atomic E-state index is 0.173. The number of alkyl halides is 3. The lowest BCUT2D eigenvalue weighted by Gasteiger charge is -2.08. The summed E-state index contributed by atoms with van der Waals surface area (Å²) in [5.74, 6) is -0.418. The summed E-state index contributed by atoms with van der Waals surface area (Å²) in [4.78, 5) is 15.4. The molecule has 0 spiro atoms. The maximum absolute atomic E-state index is 12.8. The summed E-state index contributed by atoms with van der Waals surface area (Å²) in [6.07, 6.45) is -1.01. The monoisotopic (exact) mass is 406 g/mol. The van der Waals surface area contributed by atoms with Gasteiger partial charge in [0, 0.05) is 44.0 Å². The molecule has 0 saturated heterocycles. The van der Waals surface area contributed by atoms with Crippen LogP contribution >= 0.6 is 15.9 Å². The van der Waals surface area contributed by atoms with Crippen molar-refractivity contribution in [2.45, 2.75) is 6.18 Å². The van der Waals surface area contributed by atoms with Crippen LogP contribution in [0.25, 0.3) is 22.6 Å². The highest BCUT2D eigenvalue weighted by Gasteiger charge is 2.33. The SMILES string of the molecule is O=C1Nc2cc(C(F)(F)F)ccc2/C1=C\c1c[nH]c2ccc(Br)cc12. The summed E-state index contributed by atoms with van der Waals surface area (Å²) in [7, 11) is 0. The zero-order valence-corrected chi connectivity index (χ0v) is 14.1. The normalized spacial score (nSPS) is 15.7. The maximum Gasteiger partial charge on any atom is 0.416 e. The topological polar surface area (TPSA) is 44.9 Å². The second-order valence-electron chi connectivity index (χ2n) is 5.70. The number of rotatable bonds is 1. The molecule has 0 radical (unpaired) electrons. The first-order valence-electron chi connectivity index (χ1n) is 7.34. The van der Waals surface area contributed by atoms with Gasteiger partial charge in [-0.3, -0.25) is 4.79 Å². The lowest BCUT2D eigenvalue weighted by Crippen LogP contribution is -2.06. The lowest BCUT2D eigenvalue weighted by atomic mass is 10.0. The predicted octanol–water partition coefficient (Wildman–Crippen LogP) is 5.44. The highest BCUT2D eigenvalue weighted by atomic mass is 79.9. The first-order valence-corrected chi connectivity index (χ1v) is 8.13. The van der Waals surface area contributed by atoms with E-state index in [0.717, 1.165) is 33.1 Å². The van der Waals surface area contributed by atoms with E-state index >= 15 is 0 Å². The van der Waals surface area contributed by atoms with Crippen LogP contribution in [0, 0.1) is 0 Å². The largest absolute Gasteiger partial charge is 0.416 e. The Hall–Kier alpha value is -2.54. The summed E-state index contributed by atoms with van der Waals surface area (Å²) in [5, 5.41) is 3.42. The molecule has 126 valence electrons. The quantitative estimate of drug-likeness (QED) is 0.519. The van der Waals surface area contributed by atoms with Gasteiger partial charge in [0.1, 0.15) is 0 Å². The molecule has 4 rings (SSSR count). The Morgan fingerprint density at radius 3 is 2.64 bits per heavy atom. The Morgan fingerprint density at radius 1 is 1.08 bits per heavy atom. The molecule has 7 heteroatoms. The van der Waals surface area contributed by atoms with Crippen LogP contribution in [-0.4, -0.2) is 10.9 Å². The average molecular weight is 407 g/mol. The number of fused-ring (bicyclic) bond motifs is 2. The first-order chi connectivity index (χ1) is 11.8. The molecule has 2 aromatic carbocycles. The number of carbonyl (C=O) groups excluding carboxylic acids is 1. The van der Waals surface area contributed by atoms with E-state index in [1.165, 1.54) is 6.07 Å². The fourth-order valence-corrected chi connectivity index (χ4v) is 3.26. The van der Waals surface area contributed by atoms with Crippen molar-refractivity contribution in [3.8, 4) is 0 Å². The van der Waals surface area contributed by atoms with E-state index in [-0.39, 0.29) is 5.69 Å². The van der Waals surface area contributed by atoms with Crippen LogP contribution in [-0.2, 0) is 11.0 Å². The molecule has 2 heterocycles. The number of hydrogen-bond acceptors (Lipinski definition) is 1. The van der Waals surface area contributed by atoms with Gasteiger partial charge in [0.05, 0.1) is 5.56 Å². The van der Waals surface area contributed by atoms with Crippen molar-refractivity contribution in [1.29, 1.82) is 0 Å². The number of benzene rings is 2. The predicted molar refractivity (Wildman–Crippen MR) is 93.9 cm³/mol. The number of carbonyl (C=O) groups is 1. The van der Waals surface area contributed by atoms with E-state index < -0.39 is 17.6 Å². The van der Waals surface area contributed by atoms with Crippen LogP contribution in [0.2, 0.25) is 0 Å². The van der Waals surface area contributed by atoms with Crippen LogP contribution in [0.3, 0.4) is 0 Å². The third-order valence-electron chi connectivity index (χ3n) is 4.11. The van der Waals surface area contributed by atoms with Crippen LogP contribution < -0.4 is 5.32 Å². The van der Waals surface area contributed by atoms with Gasteiger partial charge in [0.25, 0.3) is 5.91 Å². The number of H-pyrrole nitrogens is 1. The fraction of sp³-hybridized carbons (Fsp3) is 0.0556. The zero-order valence-electron chi connectivity index (χ0n) is 12.5. The highest BCUT2D eigenvalue weighted by molar-refractivity contribution is 9.10. The fourth-order valence-electron chi connectivity index (χ4n) is 2.90. The molecule has 1 amide bonds. The van der Waals surface area contributed by atoms with Gasteiger partial charge in [-0.2, -0.15) is 13.2 Å². The molecule has 0 aliphatic carbocycles. The number of aromatic amines is 1. The van der Waals surface area contributed by atoms with E-state index in [1.807, 2.05) is 18.2 Å². The lowest BCUT2D eigenvalue weighted by molar-refractivity contribution is -0.137. The Kier molecular flexibility index (Phi) is 3.50. The number of amides is 1. The molecule has 0 bridgehead atoms. The van der Waals surface area contributed by atoms with Gasteiger partial charge in [-0.1, -0.05) is 22.0 Å². The zero-order chi connectivity index (χ0) is 17.8. The molecule has 0 fully saturated rings. The van der Waals surface area contributed by atoms with Crippen molar-refractivity contribution in [2.24, 2.45) is 0 Å². The molecule has 0 saturated carbocycles. The molecule has 1 aromatic heterocycles. The number of halogens is 4. The summed E-state index contributed by atoms with van der Waals surface area (Å²) in [6, 6.07) is 8.98. The van der Waals surface area contributed by atoms with Crippen LogP contribution in [0.4, 0.5) is 18.9 Å². The maximum atomic E-state index is 12.8. The Bertz CT molecular complexity index is 1050. The average Bonchev–Trinajstić information content (AvgIpc) is 3.07. The molecule has 3 nitrogen and oxygen atoms in total. The summed E-state index contributed by atoms with van der Waals surface area (Å²) >= 11 is 3.41. The Morgan fingerprint density at radius 2 is 1.88 bits per heavy atom. The van der Waals surface area contributed by atoms with Crippen molar-refractivity contribution in [3.63, 3.8) is 0 Å². The van der Waals surface area contributed by atoms with Gasteiger partial charge < -0.3 is 10.3 Å². The second-order valence-corrected chi connectivity index (χ2v) is 6.62. The van der Waals surface area contributed by atoms with Gasteiger partial charge >= 0.3 is 6.18 Å². The molecule has 1 aliphatic heterocycles.